The van der Waals surface area contributed by atoms with E-state index in [1.165, 1.54) is 44.9 Å². The van der Waals surface area contributed by atoms with E-state index in [4.69, 9.17) is 0 Å². The molecule has 0 aliphatic carbocycles. The molecule has 1 amide bonds. The van der Waals surface area contributed by atoms with E-state index in [0.29, 0.717) is 0 Å². The molecular formula is C15H30N2O. The summed E-state index contributed by atoms with van der Waals surface area (Å²) < 4.78 is 0. The SMILES string of the molecule is CCCCCCCCCCNC(=O)[C@@H]1CCNC1. The van der Waals surface area contributed by atoms with Crippen LogP contribution in [-0.4, -0.2) is 25.5 Å². The third kappa shape index (κ3) is 7.00. The number of hydrogen-bond donors (Lipinski definition) is 2. The van der Waals surface area contributed by atoms with Crippen LogP contribution in [0.15, 0.2) is 0 Å². The maximum absolute atomic E-state index is 11.7. The molecule has 1 fully saturated rings. The van der Waals surface area contributed by atoms with Crippen LogP contribution in [0.25, 0.3) is 0 Å². The van der Waals surface area contributed by atoms with Crippen LogP contribution in [0.2, 0.25) is 0 Å². The van der Waals surface area contributed by atoms with Crippen molar-refractivity contribution < 1.29 is 4.79 Å². The van der Waals surface area contributed by atoms with Crippen molar-refractivity contribution in [2.24, 2.45) is 5.92 Å². The molecule has 1 atom stereocenters. The predicted octanol–water partition coefficient (Wildman–Crippen LogP) is 2.85. The molecule has 1 saturated heterocycles. The van der Waals surface area contributed by atoms with E-state index in [2.05, 4.69) is 17.6 Å². The first-order valence-electron chi connectivity index (χ1n) is 7.83. The van der Waals surface area contributed by atoms with Crippen LogP contribution in [0.5, 0.6) is 0 Å². The highest BCUT2D eigenvalue weighted by atomic mass is 16.1. The third-order valence-electron chi connectivity index (χ3n) is 3.76. The van der Waals surface area contributed by atoms with Gasteiger partial charge < -0.3 is 10.6 Å². The zero-order chi connectivity index (χ0) is 13.1. The summed E-state index contributed by atoms with van der Waals surface area (Å²) in [6.07, 6.45) is 11.6. The Bertz CT molecular complexity index is 213. The molecule has 106 valence electrons. The first kappa shape index (κ1) is 15.5. The van der Waals surface area contributed by atoms with Crippen molar-refractivity contribution in [1.82, 2.24) is 10.6 Å². The van der Waals surface area contributed by atoms with E-state index < -0.39 is 0 Å². The second-order valence-corrected chi connectivity index (χ2v) is 5.46. The van der Waals surface area contributed by atoms with Gasteiger partial charge in [-0.15, -0.1) is 0 Å². The maximum Gasteiger partial charge on any atom is 0.224 e. The Hall–Kier alpha value is -0.570. The van der Waals surface area contributed by atoms with Gasteiger partial charge in [-0.25, -0.2) is 0 Å². The van der Waals surface area contributed by atoms with Crippen LogP contribution in [0, 0.1) is 5.92 Å². The van der Waals surface area contributed by atoms with Crippen molar-refractivity contribution in [3.63, 3.8) is 0 Å². The van der Waals surface area contributed by atoms with Gasteiger partial charge in [0.05, 0.1) is 5.92 Å². The van der Waals surface area contributed by atoms with Crippen molar-refractivity contribution in [3.05, 3.63) is 0 Å². The van der Waals surface area contributed by atoms with Gasteiger partial charge in [0.2, 0.25) is 5.91 Å². The summed E-state index contributed by atoms with van der Waals surface area (Å²) in [7, 11) is 0. The van der Waals surface area contributed by atoms with Gasteiger partial charge in [0.1, 0.15) is 0 Å². The lowest BCUT2D eigenvalue weighted by molar-refractivity contribution is -0.124. The lowest BCUT2D eigenvalue weighted by atomic mass is 10.1. The summed E-state index contributed by atoms with van der Waals surface area (Å²) in [5.74, 6) is 0.474. The van der Waals surface area contributed by atoms with Gasteiger partial charge in [-0.3, -0.25) is 4.79 Å². The zero-order valence-electron chi connectivity index (χ0n) is 12.0. The first-order chi connectivity index (χ1) is 8.84. The molecule has 0 aromatic rings. The molecule has 1 rings (SSSR count). The van der Waals surface area contributed by atoms with Crippen LogP contribution in [0.4, 0.5) is 0 Å². The summed E-state index contributed by atoms with van der Waals surface area (Å²) in [6.45, 7) is 4.98. The van der Waals surface area contributed by atoms with Gasteiger partial charge >= 0.3 is 0 Å². The Balaban J connectivity index is 1.82. The number of amides is 1. The minimum atomic E-state index is 0.221. The Morgan fingerprint density at radius 1 is 1.11 bits per heavy atom. The van der Waals surface area contributed by atoms with Crippen molar-refractivity contribution in [3.8, 4) is 0 Å². The fourth-order valence-corrected chi connectivity index (χ4v) is 2.49. The highest BCUT2D eigenvalue weighted by Gasteiger charge is 2.21. The summed E-state index contributed by atoms with van der Waals surface area (Å²) >= 11 is 0. The summed E-state index contributed by atoms with van der Waals surface area (Å²) in [6, 6.07) is 0. The Morgan fingerprint density at radius 2 is 1.78 bits per heavy atom. The Labute approximate surface area is 112 Å². The Morgan fingerprint density at radius 3 is 2.39 bits per heavy atom. The lowest BCUT2D eigenvalue weighted by Gasteiger charge is -2.09. The number of hydrogen-bond acceptors (Lipinski definition) is 2. The van der Waals surface area contributed by atoms with Gasteiger partial charge in [-0.2, -0.15) is 0 Å². The Kier molecular flexibility index (Phi) is 8.92. The predicted molar refractivity (Wildman–Crippen MR) is 76.6 cm³/mol. The van der Waals surface area contributed by atoms with E-state index >= 15 is 0 Å². The molecule has 18 heavy (non-hydrogen) atoms. The second kappa shape index (κ2) is 10.4. The van der Waals surface area contributed by atoms with E-state index in [1.54, 1.807) is 0 Å². The van der Waals surface area contributed by atoms with E-state index in [1.807, 2.05) is 0 Å². The molecule has 0 saturated carbocycles. The molecule has 1 heterocycles. The average molecular weight is 254 g/mol. The second-order valence-electron chi connectivity index (χ2n) is 5.46. The standard InChI is InChI=1S/C15H30N2O/c1-2-3-4-5-6-7-8-9-11-17-15(18)14-10-12-16-13-14/h14,16H,2-13H2,1H3,(H,17,18)/t14-/m1/s1. The number of unbranched alkanes of at least 4 members (excludes halogenated alkanes) is 7. The quantitative estimate of drug-likeness (QED) is 0.589. The third-order valence-corrected chi connectivity index (χ3v) is 3.76. The van der Waals surface area contributed by atoms with Gasteiger partial charge in [0, 0.05) is 13.1 Å². The molecule has 3 heteroatoms. The molecule has 0 unspecified atom stereocenters. The molecule has 1 aliphatic heterocycles. The van der Waals surface area contributed by atoms with E-state index in [-0.39, 0.29) is 11.8 Å². The van der Waals surface area contributed by atoms with Crippen LogP contribution in [0.1, 0.15) is 64.7 Å². The monoisotopic (exact) mass is 254 g/mol. The highest BCUT2D eigenvalue weighted by molar-refractivity contribution is 5.79. The number of nitrogens with one attached hydrogen (secondary N) is 2. The fraction of sp³-hybridized carbons (Fsp3) is 0.933. The summed E-state index contributed by atoms with van der Waals surface area (Å²) in [5.41, 5.74) is 0. The maximum atomic E-state index is 11.7. The average Bonchev–Trinajstić information content (AvgIpc) is 2.90. The largest absolute Gasteiger partial charge is 0.356 e. The van der Waals surface area contributed by atoms with Gasteiger partial charge in [0.25, 0.3) is 0 Å². The van der Waals surface area contributed by atoms with Crippen LogP contribution in [0.3, 0.4) is 0 Å². The molecular weight excluding hydrogens is 224 g/mol. The smallest absolute Gasteiger partial charge is 0.224 e. The molecule has 0 aromatic carbocycles. The molecule has 3 nitrogen and oxygen atoms in total. The van der Waals surface area contributed by atoms with Crippen molar-refractivity contribution in [2.45, 2.75) is 64.7 Å². The normalized spacial score (nSPS) is 19.1. The van der Waals surface area contributed by atoms with Crippen LogP contribution < -0.4 is 10.6 Å². The molecule has 0 spiro atoms. The summed E-state index contributed by atoms with van der Waals surface area (Å²) in [5, 5.41) is 6.28. The van der Waals surface area contributed by atoms with Gasteiger partial charge in [-0.1, -0.05) is 51.9 Å². The molecule has 0 aromatic heterocycles. The minimum absolute atomic E-state index is 0.221. The van der Waals surface area contributed by atoms with Crippen LogP contribution >= 0.6 is 0 Å². The number of rotatable bonds is 10. The fourth-order valence-electron chi connectivity index (χ4n) is 2.49. The highest BCUT2D eigenvalue weighted by Crippen LogP contribution is 2.09. The molecule has 0 radical (unpaired) electrons. The minimum Gasteiger partial charge on any atom is -0.356 e. The van der Waals surface area contributed by atoms with Crippen molar-refractivity contribution in [2.75, 3.05) is 19.6 Å². The van der Waals surface area contributed by atoms with Crippen LogP contribution in [-0.2, 0) is 4.79 Å². The van der Waals surface area contributed by atoms with Crippen molar-refractivity contribution >= 4 is 5.91 Å². The van der Waals surface area contributed by atoms with E-state index in [9.17, 15) is 4.79 Å². The number of carbonyl (C=O) groups is 1. The molecule has 1 aliphatic rings. The van der Waals surface area contributed by atoms with Crippen molar-refractivity contribution in [1.29, 1.82) is 0 Å². The molecule has 2 N–H and O–H groups in total. The number of carbonyl (C=O) groups excluding carboxylic acids is 1. The van der Waals surface area contributed by atoms with Gasteiger partial charge in [0.15, 0.2) is 0 Å². The topological polar surface area (TPSA) is 41.1 Å². The first-order valence-corrected chi connectivity index (χ1v) is 7.83. The van der Waals surface area contributed by atoms with E-state index in [0.717, 1.165) is 32.5 Å². The lowest BCUT2D eigenvalue weighted by Crippen LogP contribution is -2.32. The van der Waals surface area contributed by atoms with Gasteiger partial charge in [-0.05, 0) is 19.4 Å². The zero-order valence-corrected chi connectivity index (χ0v) is 12.0. The molecule has 0 bridgehead atoms. The summed E-state index contributed by atoms with van der Waals surface area (Å²) in [4.78, 5) is 11.7.